The van der Waals surface area contributed by atoms with Gasteiger partial charge in [-0.2, -0.15) is 0 Å². The number of hydrogen-bond donors (Lipinski definition) is 2. The van der Waals surface area contributed by atoms with Gasteiger partial charge in [-0.05, 0) is 63.1 Å². The molecule has 1 saturated heterocycles. The molecule has 0 spiro atoms. The predicted molar refractivity (Wildman–Crippen MR) is 80.7 cm³/mol. The summed E-state index contributed by atoms with van der Waals surface area (Å²) in [5.74, 6) is 0.182. The zero-order chi connectivity index (χ0) is 14.0. The molecule has 2 atom stereocenters. The predicted octanol–water partition coefficient (Wildman–Crippen LogP) is 2.19. The fraction of sp³-hybridized carbons (Fsp3) is 0.588. The lowest BCUT2D eigenvalue weighted by Crippen LogP contribution is -2.59. The summed E-state index contributed by atoms with van der Waals surface area (Å²) < 4.78 is 0. The summed E-state index contributed by atoms with van der Waals surface area (Å²) in [6.07, 6.45) is 6.37. The SMILES string of the molecule is CC1(C(=O)NC2CCc3ccccc3C2)CCCCN1. The third-order valence-corrected chi connectivity index (χ3v) is 4.80. The van der Waals surface area contributed by atoms with Gasteiger partial charge in [-0.25, -0.2) is 0 Å². The fourth-order valence-electron chi connectivity index (χ4n) is 3.42. The number of nitrogens with one attached hydrogen (secondary N) is 2. The molecule has 1 aromatic carbocycles. The van der Waals surface area contributed by atoms with Gasteiger partial charge in [0.15, 0.2) is 0 Å². The van der Waals surface area contributed by atoms with Crippen LogP contribution in [0.1, 0.15) is 43.7 Å². The van der Waals surface area contributed by atoms with Crippen molar-refractivity contribution < 1.29 is 4.79 Å². The molecular weight excluding hydrogens is 248 g/mol. The molecule has 1 aliphatic carbocycles. The quantitative estimate of drug-likeness (QED) is 0.866. The van der Waals surface area contributed by atoms with Gasteiger partial charge in [0, 0.05) is 6.04 Å². The Kier molecular flexibility index (Phi) is 3.79. The van der Waals surface area contributed by atoms with Crippen LogP contribution in [0.15, 0.2) is 24.3 Å². The molecule has 1 heterocycles. The second-order valence-corrected chi connectivity index (χ2v) is 6.40. The highest BCUT2D eigenvalue weighted by atomic mass is 16.2. The van der Waals surface area contributed by atoms with Crippen LogP contribution >= 0.6 is 0 Å². The summed E-state index contributed by atoms with van der Waals surface area (Å²) in [6, 6.07) is 8.88. The van der Waals surface area contributed by atoms with Crippen LogP contribution in [0.3, 0.4) is 0 Å². The number of rotatable bonds is 2. The summed E-state index contributed by atoms with van der Waals surface area (Å²) in [6.45, 7) is 3.00. The first-order chi connectivity index (χ1) is 9.67. The molecule has 0 bridgehead atoms. The van der Waals surface area contributed by atoms with E-state index in [0.717, 1.165) is 38.6 Å². The van der Waals surface area contributed by atoms with E-state index in [1.54, 1.807) is 0 Å². The minimum absolute atomic E-state index is 0.182. The van der Waals surface area contributed by atoms with Gasteiger partial charge in [-0.1, -0.05) is 24.3 Å². The van der Waals surface area contributed by atoms with Crippen LogP contribution in [-0.4, -0.2) is 24.0 Å². The van der Waals surface area contributed by atoms with Crippen molar-refractivity contribution in [1.82, 2.24) is 10.6 Å². The van der Waals surface area contributed by atoms with E-state index in [1.165, 1.54) is 17.5 Å². The summed E-state index contributed by atoms with van der Waals surface area (Å²) in [7, 11) is 0. The molecule has 2 unspecified atom stereocenters. The van der Waals surface area contributed by atoms with Gasteiger partial charge in [0.1, 0.15) is 0 Å². The molecule has 3 nitrogen and oxygen atoms in total. The minimum atomic E-state index is -0.366. The second-order valence-electron chi connectivity index (χ2n) is 6.40. The van der Waals surface area contributed by atoms with Crippen molar-refractivity contribution in [3.05, 3.63) is 35.4 Å². The number of amides is 1. The van der Waals surface area contributed by atoms with Crippen LogP contribution in [-0.2, 0) is 17.6 Å². The Morgan fingerprint density at radius 3 is 2.85 bits per heavy atom. The van der Waals surface area contributed by atoms with Gasteiger partial charge in [-0.3, -0.25) is 4.79 Å². The summed E-state index contributed by atoms with van der Waals surface area (Å²) in [5, 5.41) is 6.66. The minimum Gasteiger partial charge on any atom is -0.351 e. The van der Waals surface area contributed by atoms with E-state index in [9.17, 15) is 4.79 Å². The standard InChI is InChI=1S/C17H24N2O/c1-17(10-4-5-11-18-17)16(20)19-15-9-8-13-6-2-3-7-14(13)12-15/h2-3,6-7,15,18H,4-5,8-12H2,1H3,(H,19,20). The zero-order valence-corrected chi connectivity index (χ0v) is 12.2. The third kappa shape index (κ3) is 2.73. The van der Waals surface area contributed by atoms with Gasteiger partial charge >= 0.3 is 0 Å². The lowest BCUT2D eigenvalue weighted by molar-refractivity contribution is -0.128. The van der Waals surface area contributed by atoms with Gasteiger partial charge in [-0.15, -0.1) is 0 Å². The zero-order valence-electron chi connectivity index (χ0n) is 12.2. The lowest BCUT2D eigenvalue weighted by atomic mass is 9.86. The molecular formula is C17H24N2O. The highest BCUT2D eigenvalue weighted by Gasteiger charge is 2.35. The van der Waals surface area contributed by atoms with Crippen LogP contribution in [0.25, 0.3) is 0 Å². The Morgan fingerprint density at radius 1 is 1.30 bits per heavy atom. The highest BCUT2D eigenvalue weighted by Crippen LogP contribution is 2.23. The molecule has 2 N–H and O–H groups in total. The first-order valence-corrected chi connectivity index (χ1v) is 7.80. The Balaban J connectivity index is 1.63. The number of carbonyl (C=O) groups is 1. The van der Waals surface area contributed by atoms with Crippen LogP contribution in [0.5, 0.6) is 0 Å². The van der Waals surface area contributed by atoms with E-state index in [2.05, 4.69) is 34.9 Å². The Bertz CT molecular complexity index is 492. The Hall–Kier alpha value is -1.35. The summed E-state index contributed by atoms with van der Waals surface area (Å²) in [4.78, 5) is 12.5. The van der Waals surface area contributed by atoms with E-state index in [-0.39, 0.29) is 17.5 Å². The monoisotopic (exact) mass is 272 g/mol. The van der Waals surface area contributed by atoms with Crippen molar-refractivity contribution in [2.75, 3.05) is 6.54 Å². The maximum atomic E-state index is 12.5. The first-order valence-electron chi connectivity index (χ1n) is 7.80. The molecule has 20 heavy (non-hydrogen) atoms. The summed E-state index contributed by atoms with van der Waals surface area (Å²) >= 11 is 0. The Morgan fingerprint density at radius 2 is 2.10 bits per heavy atom. The topological polar surface area (TPSA) is 41.1 Å². The van der Waals surface area contributed by atoms with Crippen LogP contribution < -0.4 is 10.6 Å². The molecule has 108 valence electrons. The van der Waals surface area contributed by atoms with E-state index in [1.807, 2.05) is 6.92 Å². The molecule has 0 radical (unpaired) electrons. The number of benzene rings is 1. The largest absolute Gasteiger partial charge is 0.351 e. The molecule has 3 heteroatoms. The van der Waals surface area contributed by atoms with Crippen LogP contribution in [0, 0.1) is 0 Å². The van der Waals surface area contributed by atoms with Crippen molar-refractivity contribution in [3.8, 4) is 0 Å². The number of carbonyl (C=O) groups excluding carboxylic acids is 1. The van der Waals surface area contributed by atoms with Crippen LogP contribution in [0.2, 0.25) is 0 Å². The third-order valence-electron chi connectivity index (χ3n) is 4.80. The van der Waals surface area contributed by atoms with Crippen molar-refractivity contribution in [1.29, 1.82) is 0 Å². The van der Waals surface area contributed by atoms with Crippen molar-refractivity contribution in [3.63, 3.8) is 0 Å². The van der Waals surface area contributed by atoms with E-state index >= 15 is 0 Å². The highest BCUT2D eigenvalue weighted by molar-refractivity contribution is 5.86. The van der Waals surface area contributed by atoms with Gasteiger partial charge < -0.3 is 10.6 Å². The molecule has 0 saturated carbocycles. The average molecular weight is 272 g/mol. The molecule has 1 amide bonds. The molecule has 1 aromatic rings. The number of fused-ring (bicyclic) bond motifs is 1. The van der Waals surface area contributed by atoms with Crippen LogP contribution in [0.4, 0.5) is 0 Å². The maximum absolute atomic E-state index is 12.5. The van der Waals surface area contributed by atoms with E-state index in [0.29, 0.717) is 0 Å². The first kappa shape index (κ1) is 13.6. The van der Waals surface area contributed by atoms with Gasteiger partial charge in [0.25, 0.3) is 0 Å². The molecule has 1 aliphatic heterocycles. The van der Waals surface area contributed by atoms with Crippen molar-refractivity contribution in [2.45, 2.75) is 57.0 Å². The van der Waals surface area contributed by atoms with Gasteiger partial charge in [0.05, 0.1) is 5.54 Å². The van der Waals surface area contributed by atoms with E-state index < -0.39 is 0 Å². The van der Waals surface area contributed by atoms with Crippen molar-refractivity contribution >= 4 is 5.91 Å². The second kappa shape index (κ2) is 5.57. The van der Waals surface area contributed by atoms with Gasteiger partial charge in [0.2, 0.25) is 5.91 Å². The molecule has 3 rings (SSSR count). The lowest BCUT2D eigenvalue weighted by Gasteiger charge is -2.36. The van der Waals surface area contributed by atoms with Crippen molar-refractivity contribution in [2.24, 2.45) is 0 Å². The fourth-order valence-corrected chi connectivity index (χ4v) is 3.42. The molecule has 1 fully saturated rings. The average Bonchev–Trinajstić information content (AvgIpc) is 2.48. The smallest absolute Gasteiger partial charge is 0.240 e. The number of hydrogen-bond acceptors (Lipinski definition) is 2. The normalized spacial score (nSPS) is 29.6. The molecule has 2 aliphatic rings. The number of aryl methyl sites for hydroxylation is 1. The molecule has 0 aromatic heterocycles. The summed E-state index contributed by atoms with van der Waals surface area (Å²) in [5.41, 5.74) is 2.47. The maximum Gasteiger partial charge on any atom is 0.240 e. The Labute approximate surface area is 121 Å². The number of piperidine rings is 1. The van der Waals surface area contributed by atoms with E-state index in [4.69, 9.17) is 0 Å².